The molecule has 0 radical (unpaired) electrons. The molecular formula is C20H21FN4O. The van der Waals surface area contributed by atoms with Gasteiger partial charge in [0.2, 0.25) is 0 Å². The van der Waals surface area contributed by atoms with Crippen LogP contribution in [0.4, 0.5) is 10.2 Å². The molecule has 6 heteroatoms. The van der Waals surface area contributed by atoms with Gasteiger partial charge in [-0.25, -0.2) is 4.39 Å². The van der Waals surface area contributed by atoms with E-state index in [0.29, 0.717) is 28.7 Å². The van der Waals surface area contributed by atoms with E-state index in [9.17, 15) is 9.50 Å². The van der Waals surface area contributed by atoms with E-state index in [0.717, 1.165) is 19.3 Å². The fourth-order valence-electron chi connectivity index (χ4n) is 4.01. The van der Waals surface area contributed by atoms with E-state index in [4.69, 9.17) is 6.42 Å². The van der Waals surface area contributed by atoms with Crippen molar-refractivity contribution in [2.45, 2.75) is 43.6 Å². The zero-order valence-electron chi connectivity index (χ0n) is 14.6. The lowest BCUT2D eigenvalue weighted by Crippen LogP contribution is -2.55. The van der Waals surface area contributed by atoms with Crippen molar-refractivity contribution in [3.05, 3.63) is 35.9 Å². The summed E-state index contributed by atoms with van der Waals surface area (Å²) in [5, 5.41) is 21.9. The lowest BCUT2D eigenvalue weighted by Gasteiger charge is -2.38. The predicted molar refractivity (Wildman–Crippen MR) is 98.7 cm³/mol. The number of halogens is 1. The van der Waals surface area contributed by atoms with Crippen LogP contribution in [0.2, 0.25) is 0 Å². The minimum absolute atomic E-state index is 0.0555. The van der Waals surface area contributed by atoms with Crippen LogP contribution >= 0.6 is 0 Å². The van der Waals surface area contributed by atoms with Crippen molar-refractivity contribution in [2.24, 2.45) is 0 Å². The van der Waals surface area contributed by atoms with Crippen LogP contribution in [0.1, 0.15) is 24.8 Å². The number of alkyl halides is 1. The standard InChI is InChI=1S/C20H21FN4O/c1-3-12-4-6-14(18(26)10-12)15-8-9-19(24-23-15)25(2)17-11-13-5-7-16(22-13)20(17)21/h1,4,6,8-10,13,16-17,20,22,26H,5,7,11H2,2H3/t13?,16?,17-,20+/m1/s1. The molecule has 26 heavy (non-hydrogen) atoms. The first-order valence-electron chi connectivity index (χ1n) is 8.83. The van der Waals surface area contributed by atoms with Crippen molar-refractivity contribution >= 4 is 5.82 Å². The Morgan fingerprint density at radius 1 is 1.27 bits per heavy atom. The highest BCUT2D eigenvalue weighted by Crippen LogP contribution is 2.34. The van der Waals surface area contributed by atoms with Gasteiger partial charge in [0.1, 0.15) is 11.9 Å². The quantitative estimate of drug-likeness (QED) is 0.831. The van der Waals surface area contributed by atoms with Gasteiger partial charge in [0.05, 0.1) is 11.7 Å². The maximum Gasteiger partial charge on any atom is 0.151 e. The highest BCUT2D eigenvalue weighted by Gasteiger charge is 2.43. The second kappa shape index (κ2) is 6.58. The number of nitrogens with zero attached hydrogens (tertiary/aromatic N) is 3. The van der Waals surface area contributed by atoms with E-state index in [1.54, 1.807) is 18.2 Å². The summed E-state index contributed by atoms with van der Waals surface area (Å²) in [7, 11) is 1.87. The first-order chi connectivity index (χ1) is 12.6. The lowest BCUT2D eigenvalue weighted by atomic mass is 9.96. The molecule has 0 saturated carbocycles. The van der Waals surface area contributed by atoms with Gasteiger partial charge in [-0.05, 0) is 49.6 Å². The molecule has 2 unspecified atom stereocenters. The average Bonchev–Trinajstić information content (AvgIpc) is 3.08. The third-order valence-electron chi connectivity index (χ3n) is 5.50. The summed E-state index contributed by atoms with van der Waals surface area (Å²) in [5.41, 5.74) is 1.71. The Bertz CT molecular complexity index is 848. The fourth-order valence-corrected chi connectivity index (χ4v) is 4.01. The smallest absolute Gasteiger partial charge is 0.151 e. The van der Waals surface area contributed by atoms with Gasteiger partial charge in [-0.3, -0.25) is 0 Å². The topological polar surface area (TPSA) is 61.3 Å². The molecule has 2 aliphatic rings. The van der Waals surface area contributed by atoms with Gasteiger partial charge >= 0.3 is 0 Å². The Hall–Kier alpha value is -2.65. The van der Waals surface area contributed by atoms with Crippen LogP contribution in [0.25, 0.3) is 11.3 Å². The van der Waals surface area contributed by atoms with Gasteiger partial charge in [-0.15, -0.1) is 16.6 Å². The molecule has 2 bridgehead atoms. The third kappa shape index (κ3) is 2.89. The van der Waals surface area contributed by atoms with Crippen LogP contribution in [0.5, 0.6) is 5.75 Å². The molecule has 2 N–H and O–H groups in total. The molecule has 0 aliphatic carbocycles. The number of nitrogens with one attached hydrogen (secondary N) is 1. The number of benzene rings is 1. The fraction of sp³-hybridized carbons (Fsp3) is 0.400. The highest BCUT2D eigenvalue weighted by atomic mass is 19.1. The Morgan fingerprint density at radius 2 is 2.12 bits per heavy atom. The van der Waals surface area contributed by atoms with Crippen LogP contribution in [-0.2, 0) is 0 Å². The number of anilines is 1. The Kier molecular flexibility index (Phi) is 4.25. The number of terminal acetylenes is 1. The van der Waals surface area contributed by atoms with Crippen molar-refractivity contribution in [3.8, 4) is 29.4 Å². The molecule has 5 nitrogen and oxygen atoms in total. The minimum Gasteiger partial charge on any atom is -0.507 e. The molecule has 134 valence electrons. The summed E-state index contributed by atoms with van der Waals surface area (Å²) in [6.07, 6.45) is 7.12. The largest absolute Gasteiger partial charge is 0.507 e. The number of piperidine rings is 1. The number of aromatic nitrogens is 2. The van der Waals surface area contributed by atoms with Gasteiger partial charge in [-0.1, -0.05) is 5.92 Å². The molecule has 4 atom stereocenters. The van der Waals surface area contributed by atoms with Crippen molar-refractivity contribution < 1.29 is 9.50 Å². The van der Waals surface area contributed by atoms with Crippen LogP contribution in [-0.4, -0.2) is 46.6 Å². The van der Waals surface area contributed by atoms with Gasteiger partial charge in [0.15, 0.2) is 5.82 Å². The normalized spacial score (nSPS) is 27.1. The second-order valence-corrected chi connectivity index (χ2v) is 7.06. The summed E-state index contributed by atoms with van der Waals surface area (Å²) < 4.78 is 14.7. The van der Waals surface area contributed by atoms with Crippen molar-refractivity contribution in [3.63, 3.8) is 0 Å². The molecule has 3 heterocycles. The molecule has 2 saturated heterocycles. The van der Waals surface area contributed by atoms with E-state index in [2.05, 4.69) is 21.4 Å². The Morgan fingerprint density at radius 3 is 2.81 bits per heavy atom. The summed E-state index contributed by atoms with van der Waals surface area (Å²) >= 11 is 0. The first kappa shape index (κ1) is 16.8. The SMILES string of the molecule is C#Cc1ccc(-c2ccc(N(C)[C@@H]3CC4CCC(N4)[C@@H]3F)nn2)c(O)c1. The van der Waals surface area contributed by atoms with E-state index < -0.39 is 6.17 Å². The van der Waals surface area contributed by atoms with Crippen LogP contribution in [0.3, 0.4) is 0 Å². The van der Waals surface area contributed by atoms with Crippen molar-refractivity contribution in [1.29, 1.82) is 0 Å². The molecule has 1 aromatic carbocycles. The van der Waals surface area contributed by atoms with E-state index in [1.165, 1.54) is 6.07 Å². The van der Waals surface area contributed by atoms with E-state index in [1.807, 2.05) is 18.0 Å². The van der Waals surface area contributed by atoms with Crippen LogP contribution in [0, 0.1) is 12.3 Å². The number of hydrogen-bond acceptors (Lipinski definition) is 5. The molecule has 0 spiro atoms. The average molecular weight is 352 g/mol. The summed E-state index contributed by atoms with van der Waals surface area (Å²) in [6, 6.07) is 8.72. The van der Waals surface area contributed by atoms with Crippen LogP contribution < -0.4 is 10.2 Å². The van der Waals surface area contributed by atoms with Crippen molar-refractivity contribution in [1.82, 2.24) is 15.5 Å². The molecule has 0 amide bonds. The number of rotatable bonds is 3. The van der Waals surface area contributed by atoms with Gasteiger partial charge in [-0.2, -0.15) is 0 Å². The second-order valence-electron chi connectivity index (χ2n) is 7.06. The molecule has 2 aromatic rings. The number of hydrogen-bond donors (Lipinski definition) is 2. The summed E-state index contributed by atoms with van der Waals surface area (Å²) in [5.74, 6) is 3.17. The lowest BCUT2D eigenvalue weighted by molar-refractivity contribution is 0.176. The number of phenols is 1. The number of phenolic OH excluding ortho intramolecular Hbond substituents is 1. The predicted octanol–water partition coefficient (Wildman–Crippen LogP) is 2.50. The third-order valence-corrected chi connectivity index (χ3v) is 5.50. The molecule has 2 fully saturated rings. The summed E-state index contributed by atoms with van der Waals surface area (Å²) in [6.45, 7) is 0. The van der Waals surface area contributed by atoms with Gasteiger partial charge < -0.3 is 15.3 Å². The highest BCUT2D eigenvalue weighted by molar-refractivity contribution is 5.68. The summed E-state index contributed by atoms with van der Waals surface area (Å²) in [4.78, 5) is 1.88. The number of aromatic hydroxyl groups is 1. The van der Waals surface area contributed by atoms with Crippen LogP contribution in [0.15, 0.2) is 30.3 Å². The molecule has 4 rings (SSSR count). The monoisotopic (exact) mass is 352 g/mol. The van der Waals surface area contributed by atoms with E-state index >= 15 is 0 Å². The number of fused-ring (bicyclic) bond motifs is 2. The van der Waals surface area contributed by atoms with Gasteiger partial charge in [0.25, 0.3) is 0 Å². The minimum atomic E-state index is -0.916. The Balaban J connectivity index is 1.55. The maximum atomic E-state index is 14.7. The zero-order valence-corrected chi connectivity index (χ0v) is 14.6. The van der Waals surface area contributed by atoms with Crippen molar-refractivity contribution in [2.75, 3.05) is 11.9 Å². The Labute approximate surface area is 152 Å². The molecule has 1 aromatic heterocycles. The maximum absolute atomic E-state index is 14.7. The zero-order chi connectivity index (χ0) is 18.3. The van der Waals surface area contributed by atoms with Gasteiger partial charge in [0, 0.05) is 30.3 Å². The molecule has 2 aliphatic heterocycles. The molecular weight excluding hydrogens is 331 g/mol. The van der Waals surface area contributed by atoms with E-state index in [-0.39, 0.29) is 17.8 Å². The first-order valence-corrected chi connectivity index (χ1v) is 8.83.